The van der Waals surface area contributed by atoms with Crippen molar-refractivity contribution in [1.82, 2.24) is 9.88 Å². The highest BCUT2D eigenvalue weighted by atomic mass is 32.1. The van der Waals surface area contributed by atoms with Crippen molar-refractivity contribution in [2.45, 2.75) is 13.8 Å². The van der Waals surface area contributed by atoms with Crippen LogP contribution in [0, 0.1) is 13.8 Å². The van der Waals surface area contributed by atoms with Crippen molar-refractivity contribution < 1.29 is 19.5 Å². The number of hydrogen-bond donors (Lipinski definition) is 2. The lowest BCUT2D eigenvalue weighted by atomic mass is 10.1. The molecule has 1 aromatic heterocycles. The quantitative estimate of drug-likeness (QED) is 0.364. The molecule has 1 aliphatic heterocycles. The number of aryl methyl sites for hydroxylation is 1. The zero-order valence-corrected chi connectivity index (χ0v) is 18.1. The number of aromatic carboxylic acids is 1. The Morgan fingerprint density at radius 1 is 1.06 bits per heavy atom. The molecule has 1 aliphatic rings. The van der Waals surface area contributed by atoms with Gasteiger partial charge in [-0.2, -0.15) is 0 Å². The number of hydrogen-bond acceptors (Lipinski definition) is 4. The molecule has 0 saturated carbocycles. The summed E-state index contributed by atoms with van der Waals surface area (Å²) in [6, 6.07) is 15.4. The first-order chi connectivity index (χ1) is 15.3. The molecule has 1 saturated heterocycles. The molecular weight excluding hydrogens is 426 g/mol. The van der Waals surface area contributed by atoms with Gasteiger partial charge in [0.05, 0.1) is 11.3 Å². The minimum absolute atomic E-state index is 0.00401. The third-order valence-electron chi connectivity index (χ3n) is 5.36. The van der Waals surface area contributed by atoms with Crippen molar-refractivity contribution >= 4 is 46.9 Å². The molecule has 2 amide bonds. The second-order valence-electron chi connectivity index (χ2n) is 7.34. The molecule has 7 nitrogen and oxygen atoms in total. The number of aromatic nitrogens is 1. The number of carboxylic acid groups (broad SMARTS) is 1. The average Bonchev–Trinajstić information content (AvgIpc) is 3.21. The van der Waals surface area contributed by atoms with Crippen LogP contribution in [0.15, 0.2) is 66.4 Å². The number of thiocarbonyl (C=S) groups is 1. The Balaban J connectivity index is 1.77. The van der Waals surface area contributed by atoms with E-state index in [2.05, 4.69) is 5.32 Å². The van der Waals surface area contributed by atoms with Gasteiger partial charge in [-0.05, 0) is 79.7 Å². The van der Waals surface area contributed by atoms with Crippen molar-refractivity contribution in [2.24, 2.45) is 0 Å². The van der Waals surface area contributed by atoms with Crippen LogP contribution in [0.1, 0.15) is 27.2 Å². The van der Waals surface area contributed by atoms with E-state index in [1.54, 1.807) is 12.1 Å². The van der Waals surface area contributed by atoms with Gasteiger partial charge in [-0.15, -0.1) is 0 Å². The van der Waals surface area contributed by atoms with Crippen molar-refractivity contribution in [2.75, 3.05) is 4.90 Å². The van der Waals surface area contributed by atoms with Gasteiger partial charge in [-0.25, -0.2) is 4.79 Å². The van der Waals surface area contributed by atoms with Gasteiger partial charge >= 0.3 is 5.97 Å². The fraction of sp³-hybridized carbons (Fsp3) is 0.0833. The summed E-state index contributed by atoms with van der Waals surface area (Å²) in [4.78, 5) is 38.4. The Morgan fingerprint density at radius 3 is 2.56 bits per heavy atom. The fourth-order valence-corrected chi connectivity index (χ4v) is 3.83. The van der Waals surface area contributed by atoms with E-state index in [9.17, 15) is 19.5 Å². The molecule has 0 atom stereocenters. The molecule has 8 heteroatoms. The number of nitrogens with zero attached hydrogens (tertiary/aromatic N) is 2. The summed E-state index contributed by atoms with van der Waals surface area (Å²) in [6.45, 7) is 4.03. The molecule has 0 spiro atoms. The molecule has 4 rings (SSSR count). The van der Waals surface area contributed by atoms with Gasteiger partial charge in [0.1, 0.15) is 5.57 Å². The molecule has 1 fully saturated rings. The Bertz CT molecular complexity index is 1320. The maximum absolute atomic E-state index is 13.3. The summed E-state index contributed by atoms with van der Waals surface area (Å²) < 4.78 is 1.90. The number of carbonyl (C=O) groups excluding carboxylic acids is 2. The summed E-state index contributed by atoms with van der Waals surface area (Å²) >= 11 is 5.20. The van der Waals surface area contributed by atoms with E-state index in [1.807, 2.05) is 48.9 Å². The van der Waals surface area contributed by atoms with E-state index in [4.69, 9.17) is 12.2 Å². The van der Waals surface area contributed by atoms with Gasteiger partial charge in [0.25, 0.3) is 11.8 Å². The molecule has 0 aliphatic carbocycles. The largest absolute Gasteiger partial charge is 0.478 e. The molecule has 32 heavy (non-hydrogen) atoms. The van der Waals surface area contributed by atoms with Crippen LogP contribution in [0.4, 0.5) is 5.69 Å². The van der Waals surface area contributed by atoms with E-state index < -0.39 is 17.8 Å². The molecule has 2 aromatic carbocycles. The van der Waals surface area contributed by atoms with Crippen LogP contribution < -0.4 is 10.2 Å². The van der Waals surface area contributed by atoms with Gasteiger partial charge in [-0.1, -0.05) is 18.2 Å². The van der Waals surface area contributed by atoms with E-state index in [1.165, 1.54) is 24.3 Å². The Morgan fingerprint density at radius 2 is 1.81 bits per heavy atom. The van der Waals surface area contributed by atoms with Gasteiger partial charge in [-0.3, -0.25) is 19.8 Å². The Labute approximate surface area is 189 Å². The average molecular weight is 446 g/mol. The minimum Gasteiger partial charge on any atom is -0.478 e. The third kappa shape index (κ3) is 3.72. The monoisotopic (exact) mass is 445 g/mol. The van der Waals surface area contributed by atoms with E-state index in [0.717, 1.165) is 21.7 Å². The fourth-order valence-electron chi connectivity index (χ4n) is 3.55. The zero-order chi connectivity index (χ0) is 23.0. The van der Waals surface area contributed by atoms with Crippen molar-refractivity contribution in [3.63, 3.8) is 0 Å². The molecule has 2 N–H and O–H groups in total. The smallest absolute Gasteiger partial charge is 0.335 e. The highest BCUT2D eigenvalue weighted by Crippen LogP contribution is 2.25. The number of carbonyl (C=O) groups is 3. The summed E-state index contributed by atoms with van der Waals surface area (Å²) in [6.07, 6.45) is 3.37. The molecule has 0 radical (unpaired) electrons. The first kappa shape index (κ1) is 21.2. The zero-order valence-electron chi connectivity index (χ0n) is 17.3. The number of benzene rings is 2. The Kier molecular flexibility index (Phi) is 5.46. The van der Waals surface area contributed by atoms with Gasteiger partial charge in [0.15, 0.2) is 5.11 Å². The second kappa shape index (κ2) is 8.24. The third-order valence-corrected chi connectivity index (χ3v) is 5.65. The number of anilines is 1. The topological polar surface area (TPSA) is 91.6 Å². The normalized spacial score (nSPS) is 15.2. The lowest BCUT2D eigenvalue weighted by Crippen LogP contribution is -2.54. The lowest BCUT2D eigenvalue weighted by molar-refractivity contribution is -0.122. The van der Waals surface area contributed by atoms with E-state index >= 15 is 0 Å². The summed E-state index contributed by atoms with van der Waals surface area (Å²) in [5.41, 5.74) is 3.94. The highest BCUT2D eigenvalue weighted by Gasteiger charge is 2.35. The first-order valence-electron chi connectivity index (χ1n) is 9.76. The van der Waals surface area contributed by atoms with Crippen molar-refractivity contribution in [3.8, 4) is 5.69 Å². The molecular formula is C24H19N3O4S. The van der Waals surface area contributed by atoms with Crippen molar-refractivity contribution in [3.05, 3.63) is 88.8 Å². The summed E-state index contributed by atoms with van der Waals surface area (Å²) in [7, 11) is 0. The number of amides is 2. The SMILES string of the molecule is Cc1cccc(-n2cccc2C=C2C(=O)NC(=S)N(c3cccc(C(=O)O)c3)C2=O)c1C. The lowest BCUT2D eigenvalue weighted by Gasteiger charge is -2.29. The maximum Gasteiger partial charge on any atom is 0.335 e. The molecule has 0 unspecified atom stereocenters. The number of rotatable bonds is 4. The number of carboxylic acids is 1. The molecule has 160 valence electrons. The Hall–Kier alpha value is -4.04. The van der Waals surface area contributed by atoms with Crippen LogP contribution >= 0.6 is 12.2 Å². The maximum atomic E-state index is 13.3. The summed E-state index contributed by atoms with van der Waals surface area (Å²) in [5.74, 6) is -2.37. The van der Waals surface area contributed by atoms with Gasteiger partial charge in [0, 0.05) is 17.6 Å². The highest BCUT2D eigenvalue weighted by molar-refractivity contribution is 7.80. The van der Waals surface area contributed by atoms with Crippen LogP contribution in [-0.2, 0) is 9.59 Å². The van der Waals surface area contributed by atoms with Gasteiger partial charge < -0.3 is 9.67 Å². The van der Waals surface area contributed by atoms with Gasteiger partial charge in [0.2, 0.25) is 0 Å². The number of nitrogens with one attached hydrogen (secondary N) is 1. The van der Waals surface area contributed by atoms with Crippen molar-refractivity contribution in [1.29, 1.82) is 0 Å². The second-order valence-corrected chi connectivity index (χ2v) is 7.72. The molecule has 3 aromatic rings. The standard InChI is InChI=1S/C24H19N3O4S/c1-14-6-3-10-20(15(14)2)26-11-5-9-17(26)13-19-21(28)25-24(32)27(22(19)29)18-8-4-7-16(12-18)23(30)31/h3-13H,1-2H3,(H,30,31)(H,25,28,32). The van der Waals surface area contributed by atoms with E-state index in [0.29, 0.717) is 5.69 Å². The van der Waals surface area contributed by atoms with Crippen LogP contribution in [0.2, 0.25) is 0 Å². The van der Waals surface area contributed by atoms with Crippen LogP contribution in [0.5, 0.6) is 0 Å². The van der Waals surface area contributed by atoms with Crippen LogP contribution in [-0.4, -0.2) is 32.6 Å². The van der Waals surface area contributed by atoms with Crippen LogP contribution in [0.3, 0.4) is 0 Å². The first-order valence-corrected chi connectivity index (χ1v) is 10.2. The minimum atomic E-state index is -1.13. The molecule has 0 bridgehead atoms. The van der Waals surface area contributed by atoms with E-state index in [-0.39, 0.29) is 21.9 Å². The predicted octanol–water partition coefficient (Wildman–Crippen LogP) is 3.62. The summed E-state index contributed by atoms with van der Waals surface area (Å²) in [5, 5.41) is 11.7. The van der Waals surface area contributed by atoms with Crippen LogP contribution in [0.25, 0.3) is 11.8 Å². The predicted molar refractivity (Wildman–Crippen MR) is 125 cm³/mol. The molecule has 2 heterocycles.